The molecule has 0 aromatic rings. The van der Waals surface area contributed by atoms with E-state index in [4.69, 9.17) is 9.84 Å². The molecule has 0 aromatic heterocycles. The van der Waals surface area contributed by atoms with Gasteiger partial charge in [0.15, 0.2) is 0 Å². The first kappa shape index (κ1) is 9.48. The summed E-state index contributed by atoms with van der Waals surface area (Å²) in [5.41, 5.74) is 0. The molecule has 1 rings (SSSR count). The highest BCUT2D eigenvalue weighted by Gasteiger charge is 2.17. The number of aliphatic hydroxyl groups excluding tert-OH is 1. The van der Waals surface area contributed by atoms with Crippen molar-refractivity contribution in [2.45, 2.75) is 31.9 Å². The van der Waals surface area contributed by atoms with Gasteiger partial charge >= 0.3 is 0 Å². The number of amides is 1. The molecular weight excluding hydrogens is 158 g/mol. The summed E-state index contributed by atoms with van der Waals surface area (Å²) in [6.45, 7) is 2.80. The maximum absolute atomic E-state index is 11.0. The Labute approximate surface area is 71.9 Å². The number of ether oxygens (including phenoxy) is 1. The number of aliphatic hydroxyl groups is 1. The molecule has 0 radical (unpaired) electrons. The Morgan fingerprint density at radius 2 is 2.50 bits per heavy atom. The van der Waals surface area contributed by atoms with Crippen molar-refractivity contribution in [1.82, 2.24) is 5.32 Å². The van der Waals surface area contributed by atoms with E-state index in [1.165, 1.54) is 6.92 Å². The molecular formula is C8H15NO3. The van der Waals surface area contributed by atoms with Crippen LogP contribution in [0, 0.1) is 0 Å². The molecule has 1 aliphatic rings. The van der Waals surface area contributed by atoms with E-state index in [0.29, 0.717) is 6.61 Å². The molecule has 1 amide bonds. The van der Waals surface area contributed by atoms with Crippen LogP contribution in [0.3, 0.4) is 0 Å². The zero-order valence-electron chi connectivity index (χ0n) is 7.25. The molecule has 70 valence electrons. The van der Waals surface area contributed by atoms with Gasteiger partial charge in [-0.25, -0.2) is 0 Å². The molecule has 1 saturated heterocycles. The van der Waals surface area contributed by atoms with Gasteiger partial charge in [-0.15, -0.1) is 0 Å². The van der Waals surface area contributed by atoms with E-state index in [1.54, 1.807) is 0 Å². The first-order valence-corrected chi connectivity index (χ1v) is 4.26. The molecule has 2 N–H and O–H groups in total. The SMILES string of the molecule is CC(O)C(=O)N[C@H]1CCCOC1. The van der Waals surface area contributed by atoms with Gasteiger partial charge in [0.25, 0.3) is 0 Å². The van der Waals surface area contributed by atoms with E-state index in [2.05, 4.69) is 5.32 Å². The number of rotatable bonds is 2. The summed E-state index contributed by atoms with van der Waals surface area (Å²) in [4.78, 5) is 11.0. The Hall–Kier alpha value is -0.610. The minimum absolute atomic E-state index is 0.0841. The first-order valence-electron chi connectivity index (χ1n) is 4.26. The monoisotopic (exact) mass is 173 g/mol. The van der Waals surface area contributed by atoms with E-state index in [0.717, 1.165) is 19.4 Å². The highest BCUT2D eigenvalue weighted by Crippen LogP contribution is 2.05. The second-order valence-electron chi connectivity index (χ2n) is 3.10. The molecule has 1 fully saturated rings. The van der Waals surface area contributed by atoms with Crippen molar-refractivity contribution < 1.29 is 14.6 Å². The molecule has 1 unspecified atom stereocenters. The van der Waals surface area contributed by atoms with Gasteiger partial charge in [-0.2, -0.15) is 0 Å². The summed E-state index contributed by atoms with van der Waals surface area (Å²) in [5.74, 6) is -0.314. The lowest BCUT2D eigenvalue weighted by atomic mass is 10.1. The van der Waals surface area contributed by atoms with Crippen molar-refractivity contribution in [2.75, 3.05) is 13.2 Å². The molecule has 0 saturated carbocycles. The van der Waals surface area contributed by atoms with Crippen molar-refractivity contribution >= 4 is 5.91 Å². The van der Waals surface area contributed by atoms with Crippen LogP contribution >= 0.6 is 0 Å². The van der Waals surface area contributed by atoms with E-state index in [-0.39, 0.29) is 11.9 Å². The van der Waals surface area contributed by atoms with E-state index in [1.807, 2.05) is 0 Å². The second kappa shape index (κ2) is 4.42. The van der Waals surface area contributed by atoms with Gasteiger partial charge in [0.2, 0.25) is 5.91 Å². The Morgan fingerprint density at radius 3 is 3.00 bits per heavy atom. The quantitative estimate of drug-likeness (QED) is 0.600. The number of carbonyl (C=O) groups is 1. The maximum atomic E-state index is 11.0. The van der Waals surface area contributed by atoms with Crippen LogP contribution < -0.4 is 5.32 Å². The minimum Gasteiger partial charge on any atom is -0.384 e. The highest BCUT2D eigenvalue weighted by atomic mass is 16.5. The summed E-state index contributed by atoms with van der Waals surface area (Å²) >= 11 is 0. The van der Waals surface area contributed by atoms with Crippen LogP contribution in [0.2, 0.25) is 0 Å². The van der Waals surface area contributed by atoms with Crippen molar-refractivity contribution in [3.05, 3.63) is 0 Å². The predicted octanol–water partition coefficient (Wildman–Crippen LogP) is -0.338. The van der Waals surface area contributed by atoms with Crippen LogP contribution in [0.4, 0.5) is 0 Å². The molecule has 0 spiro atoms. The molecule has 1 aliphatic heterocycles. The normalized spacial score (nSPS) is 26.3. The van der Waals surface area contributed by atoms with Crippen LogP contribution in [0.25, 0.3) is 0 Å². The van der Waals surface area contributed by atoms with Crippen molar-refractivity contribution in [3.63, 3.8) is 0 Å². The standard InChI is InChI=1S/C8H15NO3/c1-6(10)8(11)9-7-3-2-4-12-5-7/h6-7,10H,2-5H2,1H3,(H,9,11)/t6?,7-/m0/s1. The number of hydrogen-bond donors (Lipinski definition) is 2. The van der Waals surface area contributed by atoms with Crippen molar-refractivity contribution in [1.29, 1.82) is 0 Å². The molecule has 0 aliphatic carbocycles. The third-order valence-corrected chi connectivity index (χ3v) is 1.89. The fourth-order valence-electron chi connectivity index (χ4n) is 1.18. The predicted molar refractivity (Wildman–Crippen MR) is 43.7 cm³/mol. The van der Waals surface area contributed by atoms with Gasteiger partial charge in [0.1, 0.15) is 6.10 Å². The van der Waals surface area contributed by atoms with E-state index in [9.17, 15) is 4.79 Å². The van der Waals surface area contributed by atoms with Gasteiger partial charge in [0.05, 0.1) is 12.6 Å². The summed E-state index contributed by atoms with van der Waals surface area (Å²) < 4.78 is 5.17. The summed E-state index contributed by atoms with van der Waals surface area (Å²) in [5, 5.41) is 11.6. The van der Waals surface area contributed by atoms with Crippen LogP contribution in [-0.4, -0.2) is 36.4 Å². The smallest absolute Gasteiger partial charge is 0.248 e. The maximum Gasteiger partial charge on any atom is 0.248 e. The average Bonchev–Trinajstić information content (AvgIpc) is 2.06. The molecule has 0 bridgehead atoms. The van der Waals surface area contributed by atoms with Crippen LogP contribution in [0.5, 0.6) is 0 Å². The van der Waals surface area contributed by atoms with E-state index < -0.39 is 6.10 Å². The Morgan fingerprint density at radius 1 is 1.75 bits per heavy atom. The fourth-order valence-corrected chi connectivity index (χ4v) is 1.18. The Bertz CT molecular complexity index is 152. The minimum atomic E-state index is -0.924. The lowest BCUT2D eigenvalue weighted by Gasteiger charge is -2.23. The Balaban J connectivity index is 2.24. The number of carbonyl (C=O) groups excluding carboxylic acids is 1. The summed E-state index contributed by atoms with van der Waals surface area (Å²) in [7, 11) is 0. The zero-order valence-corrected chi connectivity index (χ0v) is 7.25. The third kappa shape index (κ3) is 2.79. The third-order valence-electron chi connectivity index (χ3n) is 1.89. The highest BCUT2D eigenvalue weighted by molar-refractivity contribution is 5.80. The Kier molecular flexibility index (Phi) is 3.49. The lowest BCUT2D eigenvalue weighted by Crippen LogP contribution is -2.44. The molecule has 1 heterocycles. The molecule has 2 atom stereocenters. The van der Waals surface area contributed by atoms with Gasteiger partial charge in [-0.3, -0.25) is 4.79 Å². The first-order chi connectivity index (χ1) is 5.70. The second-order valence-corrected chi connectivity index (χ2v) is 3.10. The molecule has 4 heteroatoms. The van der Waals surface area contributed by atoms with Gasteiger partial charge in [0, 0.05) is 6.61 Å². The van der Waals surface area contributed by atoms with Crippen molar-refractivity contribution in [2.24, 2.45) is 0 Å². The van der Waals surface area contributed by atoms with Crippen molar-refractivity contribution in [3.8, 4) is 0 Å². The topological polar surface area (TPSA) is 58.6 Å². The zero-order chi connectivity index (χ0) is 8.97. The molecule has 12 heavy (non-hydrogen) atoms. The number of hydrogen-bond acceptors (Lipinski definition) is 3. The fraction of sp³-hybridized carbons (Fsp3) is 0.875. The largest absolute Gasteiger partial charge is 0.384 e. The summed E-state index contributed by atoms with van der Waals surface area (Å²) in [6, 6.07) is 0.0841. The average molecular weight is 173 g/mol. The van der Waals surface area contributed by atoms with Gasteiger partial charge in [-0.1, -0.05) is 0 Å². The van der Waals surface area contributed by atoms with Crippen LogP contribution in [0.15, 0.2) is 0 Å². The molecule has 0 aromatic carbocycles. The van der Waals surface area contributed by atoms with E-state index >= 15 is 0 Å². The molecule has 4 nitrogen and oxygen atoms in total. The lowest BCUT2D eigenvalue weighted by molar-refractivity contribution is -0.130. The number of nitrogens with one attached hydrogen (secondary N) is 1. The van der Waals surface area contributed by atoms with Gasteiger partial charge < -0.3 is 15.2 Å². The van der Waals surface area contributed by atoms with Gasteiger partial charge in [-0.05, 0) is 19.8 Å². The summed E-state index contributed by atoms with van der Waals surface area (Å²) in [6.07, 6.45) is 0.996. The van der Waals surface area contributed by atoms with Crippen LogP contribution in [0.1, 0.15) is 19.8 Å². The van der Waals surface area contributed by atoms with Crippen LogP contribution in [-0.2, 0) is 9.53 Å².